The molecule has 0 aromatic heterocycles. The van der Waals surface area contributed by atoms with Gasteiger partial charge in [-0.05, 0) is 31.4 Å². The lowest BCUT2D eigenvalue weighted by Gasteiger charge is -2.29. The van der Waals surface area contributed by atoms with Gasteiger partial charge in [-0.3, -0.25) is 9.59 Å². The Balaban J connectivity index is 2.10. The van der Waals surface area contributed by atoms with Crippen LogP contribution in [0, 0.1) is 6.92 Å². The van der Waals surface area contributed by atoms with Crippen LogP contribution in [0.15, 0.2) is 18.2 Å². The number of hydrogen-bond donors (Lipinski definition) is 2. The molecular formula is C14H19N3O2. The first kappa shape index (κ1) is 13.5. The molecule has 0 unspecified atom stereocenters. The van der Waals surface area contributed by atoms with Crippen LogP contribution in [0.4, 0.5) is 5.69 Å². The van der Waals surface area contributed by atoms with Gasteiger partial charge in [0.2, 0.25) is 11.8 Å². The number of aryl methyl sites for hydroxylation is 2. The Morgan fingerprint density at radius 1 is 1.42 bits per heavy atom. The number of amides is 2. The normalized spacial score (nSPS) is 13.9. The van der Waals surface area contributed by atoms with Gasteiger partial charge in [0.05, 0.1) is 13.1 Å². The topological polar surface area (TPSA) is 75.4 Å². The molecule has 0 spiro atoms. The zero-order valence-corrected chi connectivity index (χ0v) is 11.1. The van der Waals surface area contributed by atoms with E-state index in [0.717, 1.165) is 18.5 Å². The fourth-order valence-electron chi connectivity index (χ4n) is 2.33. The maximum Gasteiger partial charge on any atom is 0.246 e. The molecule has 1 aliphatic rings. The molecule has 5 nitrogen and oxygen atoms in total. The van der Waals surface area contributed by atoms with E-state index in [1.807, 2.05) is 19.1 Å². The molecule has 1 aromatic rings. The standard InChI is InChI=1S/C14H19N3O2/c1-10-4-5-12-11(7-10)3-2-6-17(12)14(19)9-16-13(18)8-15/h4-5,7H,2-3,6,8-9,15H2,1H3,(H,16,18). The second-order valence-corrected chi connectivity index (χ2v) is 4.76. The molecule has 0 radical (unpaired) electrons. The highest BCUT2D eigenvalue weighted by Gasteiger charge is 2.22. The van der Waals surface area contributed by atoms with Crippen LogP contribution in [-0.2, 0) is 16.0 Å². The van der Waals surface area contributed by atoms with Gasteiger partial charge >= 0.3 is 0 Å². The number of hydrogen-bond acceptors (Lipinski definition) is 3. The molecule has 0 atom stereocenters. The van der Waals surface area contributed by atoms with Gasteiger partial charge in [-0.25, -0.2) is 0 Å². The summed E-state index contributed by atoms with van der Waals surface area (Å²) in [6.45, 7) is 2.66. The minimum absolute atomic E-state index is 0.00332. The van der Waals surface area contributed by atoms with Crippen molar-refractivity contribution >= 4 is 17.5 Å². The molecule has 1 aliphatic heterocycles. The van der Waals surface area contributed by atoms with E-state index < -0.39 is 0 Å². The number of carbonyl (C=O) groups is 2. The van der Waals surface area contributed by atoms with Crippen LogP contribution < -0.4 is 16.0 Å². The van der Waals surface area contributed by atoms with E-state index in [4.69, 9.17) is 5.73 Å². The smallest absolute Gasteiger partial charge is 0.246 e. The van der Waals surface area contributed by atoms with Crippen molar-refractivity contribution in [3.63, 3.8) is 0 Å². The average Bonchev–Trinajstić information content (AvgIpc) is 2.43. The van der Waals surface area contributed by atoms with Crippen molar-refractivity contribution in [1.29, 1.82) is 0 Å². The van der Waals surface area contributed by atoms with Gasteiger partial charge in [-0.15, -0.1) is 0 Å². The Bertz CT molecular complexity index is 499. The van der Waals surface area contributed by atoms with E-state index in [1.165, 1.54) is 11.1 Å². The highest BCUT2D eigenvalue weighted by molar-refractivity contribution is 5.97. The van der Waals surface area contributed by atoms with Crippen molar-refractivity contribution < 1.29 is 9.59 Å². The van der Waals surface area contributed by atoms with Crippen molar-refractivity contribution in [3.8, 4) is 0 Å². The van der Waals surface area contributed by atoms with Crippen molar-refractivity contribution in [2.75, 3.05) is 24.5 Å². The molecule has 0 aliphatic carbocycles. The van der Waals surface area contributed by atoms with E-state index in [-0.39, 0.29) is 24.9 Å². The van der Waals surface area contributed by atoms with Crippen LogP contribution in [0.25, 0.3) is 0 Å². The van der Waals surface area contributed by atoms with E-state index >= 15 is 0 Å². The maximum absolute atomic E-state index is 12.1. The zero-order valence-electron chi connectivity index (χ0n) is 11.1. The maximum atomic E-state index is 12.1. The first-order valence-corrected chi connectivity index (χ1v) is 6.48. The number of fused-ring (bicyclic) bond motifs is 1. The zero-order chi connectivity index (χ0) is 13.8. The molecule has 2 amide bonds. The molecule has 19 heavy (non-hydrogen) atoms. The third-order valence-electron chi connectivity index (χ3n) is 3.28. The fourth-order valence-corrected chi connectivity index (χ4v) is 2.33. The fraction of sp³-hybridized carbons (Fsp3) is 0.429. The van der Waals surface area contributed by atoms with Gasteiger partial charge in [-0.1, -0.05) is 17.7 Å². The second-order valence-electron chi connectivity index (χ2n) is 4.76. The Morgan fingerprint density at radius 2 is 2.21 bits per heavy atom. The molecule has 0 saturated carbocycles. The van der Waals surface area contributed by atoms with Crippen molar-refractivity contribution in [1.82, 2.24) is 5.32 Å². The SMILES string of the molecule is Cc1ccc2c(c1)CCCN2C(=O)CNC(=O)CN. The quantitative estimate of drug-likeness (QED) is 0.824. The molecule has 1 heterocycles. The molecule has 5 heteroatoms. The molecule has 1 aromatic carbocycles. The molecule has 102 valence electrons. The summed E-state index contributed by atoms with van der Waals surface area (Å²) in [6.07, 6.45) is 1.95. The van der Waals surface area contributed by atoms with Crippen LogP contribution >= 0.6 is 0 Å². The predicted molar refractivity (Wildman–Crippen MR) is 73.9 cm³/mol. The minimum Gasteiger partial charge on any atom is -0.346 e. The molecule has 2 rings (SSSR count). The van der Waals surface area contributed by atoms with Gasteiger partial charge in [0.25, 0.3) is 0 Å². The highest BCUT2D eigenvalue weighted by atomic mass is 16.2. The monoisotopic (exact) mass is 261 g/mol. The van der Waals surface area contributed by atoms with Crippen LogP contribution in [0.3, 0.4) is 0 Å². The third-order valence-corrected chi connectivity index (χ3v) is 3.28. The van der Waals surface area contributed by atoms with E-state index in [1.54, 1.807) is 4.90 Å². The van der Waals surface area contributed by atoms with Crippen molar-refractivity contribution in [3.05, 3.63) is 29.3 Å². The molecule has 0 bridgehead atoms. The van der Waals surface area contributed by atoms with Crippen LogP contribution in [-0.4, -0.2) is 31.4 Å². The minimum atomic E-state index is -0.311. The number of nitrogens with two attached hydrogens (primary N) is 1. The summed E-state index contributed by atoms with van der Waals surface area (Å²) in [7, 11) is 0. The first-order valence-electron chi connectivity index (χ1n) is 6.48. The number of rotatable bonds is 3. The summed E-state index contributed by atoms with van der Waals surface area (Å²) in [5.74, 6) is -0.402. The lowest BCUT2D eigenvalue weighted by molar-refractivity contribution is -0.124. The van der Waals surface area contributed by atoms with Gasteiger partial charge in [0.15, 0.2) is 0 Å². The average molecular weight is 261 g/mol. The summed E-state index contributed by atoms with van der Waals surface area (Å²) in [6, 6.07) is 6.10. The van der Waals surface area contributed by atoms with E-state index in [2.05, 4.69) is 11.4 Å². The largest absolute Gasteiger partial charge is 0.346 e. The molecule has 0 saturated heterocycles. The Hall–Kier alpha value is -1.88. The van der Waals surface area contributed by atoms with Crippen LogP contribution in [0.2, 0.25) is 0 Å². The van der Waals surface area contributed by atoms with Crippen LogP contribution in [0.5, 0.6) is 0 Å². The van der Waals surface area contributed by atoms with Gasteiger partial charge in [-0.2, -0.15) is 0 Å². The van der Waals surface area contributed by atoms with Crippen LogP contribution in [0.1, 0.15) is 17.5 Å². The van der Waals surface area contributed by atoms with Gasteiger partial charge in [0, 0.05) is 12.2 Å². The Kier molecular flexibility index (Phi) is 4.16. The molecular weight excluding hydrogens is 242 g/mol. The Labute approximate surface area is 112 Å². The summed E-state index contributed by atoms with van der Waals surface area (Å²) < 4.78 is 0. The number of benzene rings is 1. The Morgan fingerprint density at radius 3 is 2.95 bits per heavy atom. The molecule has 3 N–H and O–H groups in total. The van der Waals surface area contributed by atoms with E-state index in [0.29, 0.717) is 6.54 Å². The van der Waals surface area contributed by atoms with Crippen molar-refractivity contribution in [2.45, 2.75) is 19.8 Å². The number of carbonyl (C=O) groups excluding carboxylic acids is 2. The number of nitrogens with one attached hydrogen (secondary N) is 1. The summed E-state index contributed by atoms with van der Waals surface area (Å²) >= 11 is 0. The van der Waals surface area contributed by atoms with Gasteiger partial charge < -0.3 is 16.0 Å². The summed E-state index contributed by atoms with van der Waals surface area (Å²) in [5.41, 5.74) is 8.55. The summed E-state index contributed by atoms with van der Waals surface area (Å²) in [5, 5.41) is 2.52. The highest BCUT2D eigenvalue weighted by Crippen LogP contribution is 2.27. The summed E-state index contributed by atoms with van der Waals surface area (Å²) in [4.78, 5) is 25.0. The second kappa shape index (κ2) is 5.84. The number of nitrogens with zero attached hydrogens (tertiary/aromatic N) is 1. The van der Waals surface area contributed by atoms with Gasteiger partial charge in [0.1, 0.15) is 0 Å². The van der Waals surface area contributed by atoms with E-state index in [9.17, 15) is 9.59 Å². The third kappa shape index (κ3) is 3.12. The first-order chi connectivity index (χ1) is 9.11. The molecule has 0 fully saturated rings. The lowest BCUT2D eigenvalue weighted by Crippen LogP contribution is -2.43. The lowest BCUT2D eigenvalue weighted by atomic mass is 9.99. The predicted octanol–water partition coefficient (Wildman–Crippen LogP) is 0.349. The van der Waals surface area contributed by atoms with Crippen molar-refractivity contribution in [2.24, 2.45) is 5.73 Å². The number of anilines is 1.